The first kappa shape index (κ1) is 25.4. The first-order valence-electron chi connectivity index (χ1n) is 11.3. The van der Waals surface area contributed by atoms with Crippen molar-refractivity contribution >= 4 is 17.9 Å². The van der Waals surface area contributed by atoms with Gasteiger partial charge in [0.05, 0.1) is 37.1 Å². The second-order valence-corrected chi connectivity index (χ2v) is 7.68. The van der Waals surface area contributed by atoms with Gasteiger partial charge in [-0.25, -0.2) is 14.2 Å². The van der Waals surface area contributed by atoms with E-state index in [2.05, 4.69) is 23.8 Å². The van der Waals surface area contributed by atoms with E-state index >= 15 is 0 Å². The molecule has 0 saturated heterocycles. The highest BCUT2D eigenvalue weighted by atomic mass is 16.5. The number of rotatable bonds is 10. The number of nitrogens with zero attached hydrogens (tertiary/aromatic N) is 2. The average molecular weight is 482 g/mol. The Balaban J connectivity index is 1.76. The van der Waals surface area contributed by atoms with E-state index in [-0.39, 0.29) is 5.56 Å². The van der Waals surface area contributed by atoms with Crippen LogP contribution in [0.2, 0.25) is 0 Å². The van der Waals surface area contributed by atoms with Crippen molar-refractivity contribution in [2.24, 2.45) is 4.99 Å². The van der Waals surface area contributed by atoms with E-state index in [1.54, 1.807) is 48.5 Å². The highest BCUT2D eigenvalue weighted by Gasteiger charge is 2.14. The van der Waals surface area contributed by atoms with E-state index in [0.717, 1.165) is 30.4 Å². The molecule has 2 aromatic carbocycles. The smallest absolute Gasteiger partial charge is 0.338 e. The van der Waals surface area contributed by atoms with Gasteiger partial charge in [-0.3, -0.25) is 14.8 Å². The molecule has 10 nitrogen and oxygen atoms in total. The second kappa shape index (κ2) is 11.8. The number of ether oxygens (including phenoxy) is 2. The Morgan fingerprint density at radius 1 is 1.09 bits per heavy atom. The number of quaternary nitrogens is 1. The number of carbonyl (C=O) groups excluding carboxylic acids is 1. The quantitative estimate of drug-likeness (QED) is 0.294. The molecule has 0 aliphatic carbocycles. The molecule has 35 heavy (non-hydrogen) atoms. The Labute approximate surface area is 202 Å². The van der Waals surface area contributed by atoms with E-state index < -0.39 is 23.1 Å². The summed E-state index contributed by atoms with van der Waals surface area (Å²) in [5.41, 5.74) is -0.605. The van der Waals surface area contributed by atoms with Crippen molar-refractivity contribution in [3.63, 3.8) is 0 Å². The number of nitrogens with one attached hydrogen (secondary N) is 2. The zero-order valence-electron chi connectivity index (χ0n) is 19.9. The summed E-state index contributed by atoms with van der Waals surface area (Å²) in [4.78, 5) is 44.6. The van der Waals surface area contributed by atoms with Crippen molar-refractivity contribution in [2.45, 2.75) is 13.8 Å². The summed E-state index contributed by atoms with van der Waals surface area (Å²) in [6.45, 7) is 7.19. The molecule has 0 bridgehead atoms. The monoisotopic (exact) mass is 481 g/mol. The topological polar surface area (TPSA) is 127 Å². The average Bonchev–Trinajstić information content (AvgIpc) is 2.87. The van der Waals surface area contributed by atoms with Crippen LogP contribution in [0.5, 0.6) is 11.6 Å². The fourth-order valence-corrected chi connectivity index (χ4v) is 3.42. The van der Waals surface area contributed by atoms with Gasteiger partial charge in [0.2, 0.25) is 5.88 Å². The van der Waals surface area contributed by atoms with Gasteiger partial charge < -0.3 is 19.5 Å². The number of benzene rings is 2. The number of H-pyrrole nitrogens is 1. The molecule has 0 atom stereocenters. The Hall–Kier alpha value is -4.18. The molecule has 3 rings (SSSR count). The van der Waals surface area contributed by atoms with Gasteiger partial charge in [0.15, 0.2) is 0 Å². The fourth-order valence-electron chi connectivity index (χ4n) is 3.42. The van der Waals surface area contributed by atoms with Crippen LogP contribution in [0.15, 0.2) is 63.1 Å². The lowest BCUT2D eigenvalue weighted by molar-refractivity contribution is -0.896. The number of esters is 1. The number of aromatic hydroxyl groups is 1. The number of aliphatic imine (C=N–C) groups is 1. The van der Waals surface area contributed by atoms with Gasteiger partial charge in [0, 0.05) is 6.21 Å². The molecular weight excluding hydrogens is 452 g/mol. The molecule has 3 N–H and O–H groups in total. The minimum Gasteiger partial charge on any atom is -0.497 e. The Bertz CT molecular complexity index is 1290. The normalized spacial score (nSPS) is 11.2. The van der Waals surface area contributed by atoms with E-state index in [0.29, 0.717) is 29.3 Å². The number of aromatic nitrogens is 2. The molecule has 1 aromatic heterocycles. The van der Waals surface area contributed by atoms with Gasteiger partial charge in [-0.1, -0.05) is 0 Å². The van der Waals surface area contributed by atoms with Crippen LogP contribution in [0.25, 0.3) is 5.69 Å². The van der Waals surface area contributed by atoms with Crippen molar-refractivity contribution in [1.82, 2.24) is 9.55 Å². The maximum atomic E-state index is 12.3. The SMILES string of the molecule is CC[NH+](CC)CCOC(=O)c1ccc(N=Cc2c(O)n(-c3ccc(OC)cc3)c(=O)[nH]c2=O)cc1. The largest absolute Gasteiger partial charge is 0.497 e. The molecule has 0 aliphatic rings. The van der Waals surface area contributed by atoms with Gasteiger partial charge in [0.1, 0.15) is 24.5 Å². The van der Waals surface area contributed by atoms with Gasteiger partial charge in [-0.05, 0) is 62.4 Å². The van der Waals surface area contributed by atoms with E-state index in [1.807, 2.05) is 0 Å². The standard InChI is InChI=1S/C25H28N4O6/c1-4-28(5-2)14-15-35-24(32)17-6-8-18(9-7-17)26-16-21-22(30)27-25(33)29(23(21)31)19-10-12-20(34-3)13-11-19/h6-13,16,31H,4-5,14-15H2,1-3H3,(H,27,30,33)/p+1. The van der Waals surface area contributed by atoms with Crippen molar-refractivity contribution in [1.29, 1.82) is 0 Å². The van der Waals surface area contributed by atoms with Crippen LogP contribution >= 0.6 is 0 Å². The molecule has 10 heteroatoms. The molecule has 0 spiro atoms. The van der Waals surface area contributed by atoms with E-state index in [1.165, 1.54) is 12.0 Å². The number of hydrogen-bond acceptors (Lipinski definition) is 7. The van der Waals surface area contributed by atoms with Crippen LogP contribution in [-0.4, -0.2) is 60.2 Å². The number of aromatic amines is 1. The fraction of sp³-hybridized carbons (Fsp3) is 0.280. The Morgan fingerprint density at radius 2 is 1.74 bits per heavy atom. The predicted octanol–water partition coefficient (Wildman–Crippen LogP) is 1.07. The molecule has 3 aromatic rings. The lowest BCUT2D eigenvalue weighted by Crippen LogP contribution is -3.11. The Kier molecular flexibility index (Phi) is 8.58. The molecule has 0 aliphatic heterocycles. The highest BCUT2D eigenvalue weighted by Crippen LogP contribution is 2.19. The van der Waals surface area contributed by atoms with Crippen molar-refractivity contribution in [2.75, 3.05) is 33.4 Å². The lowest BCUT2D eigenvalue weighted by Gasteiger charge is -2.15. The summed E-state index contributed by atoms with van der Waals surface area (Å²) in [6.07, 6.45) is 1.16. The third kappa shape index (κ3) is 6.24. The highest BCUT2D eigenvalue weighted by molar-refractivity contribution is 5.90. The lowest BCUT2D eigenvalue weighted by atomic mass is 10.2. The summed E-state index contributed by atoms with van der Waals surface area (Å²) < 4.78 is 11.4. The van der Waals surface area contributed by atoms with Crippen LogP contribution in [0, 0.1) is 0 Å². The van der Waals surface area contributed by atoms with Crippen LogP contribution in [0.3, 0.4) is 0 Å². The van der Waals surface area contributed by atoms with Crippen LogP contribution < -0.4 is 20.9 Å². The summed E-state index contributed by atoms with van der Waals surface area (Å²) in [5.74, 6) is -0.402. The number of carbonyl (C=O) groups is 1. The molecular formula is C25H29N4O6+. The first-order chi connectivity index (χ1) is 16.9. The predicted molar refractivity (Wildman–Crippen MR) is 132 cm³/mol. The number of hydrogen-bond donors (Lipinski definition) is 3. The summed E-state index contributed by atoms with van der Waals surface area (Å²) in [5, 5.41) is 10.6. The molecule has 0 saturated carbocycles. The minimum absolute atomic E-state index is 0.192. The molecule has 0 unspecified atom stereocenters. The van der Waals surface area contributed by atoms with Gasteiger partial charge in [0.25, 0.3) is 5.56 Å². The zero-order chi connectivity index (χ0) is 25.4. The number of methoxy groups -OCH3 is 1. The second-order valence-electron chi connectivity index (χ2n) is 7.68. The van der Waals surface area contributed by atoms with E-state index in [9.17, 15) is 19.5 Å². The van der Waals surface area contributed by atoms with Crippen molar-refractivity contribution < 1.29 is 24.3 Å². The molecule has 1 heterocycles. The summed E-state index contributed by atoms with van der Waals surface area (Å²) >= 11 is 0. The molecule has 0 amide bonds. The molecule has 0 radical (unpaired) electrons. The zero-order valence-corrected chi connectivity index (χ0v) is 19.9. The van der Waals surface area contributed by atoms with Gasteiger partial charge in [-0.2, -0.15) is 0 Å². The first-order valence-corrected chi connectivity index (χ1v) is 11.3. The van der Waals surface area contributed by atoms with Gasteiger partial charge >= 0.3 is 11.7 Å². The summed E-state index contributed by atoms with van der Waals surface area (Å²) in [6, 6.07) is 12.7. The van der Waals surface area contributed by atoms with Crippen molar-refractivity contribution in [3.05, 3.63) is 80.5 Å². The maximum Gasteiger partial charge on any atom is 0.338 e. The third-order valence-corrected chi connectivity index (χ3v) is 5.59. The van der Waals surface area contributed by atoms with Gasteiger partial charge in [-0.15, -0.1) is 0 Å². The number of likely N-dealkylation sites (N-methyl/N-ethyl adjacent to an activating group) is 1. The molecule has 0 fully saturated rings. The Morgan fingerprint density at radius 3 is 2.34 bits per heavy atom. The minimum atomic E-state index is -0.791. The maximum absolute atomic E-state index is 12.3. The van der Waals surface area contributed by atoms with Crippen LogP contribution in [0.4, 0.5) is 5.69 Å². The van der Waals surface area contributed by atoms with Crippen LogP contribution in [0.1, 0.15) is 29.8 Å². The summed E-state index contributed by atoms with van der Waals surface area (Å²) in [7, 11) is 1.51. The molecule has 184 valence electrons. The van der Waals surface area contributed by atoms with Crippen molar-refractivity contribution in [3.8, 4) is 17.3 Å². The van der Waals surface area contributed by atoms with E-state index in [4.69, 9.17) is 9.47 Å². The third-order valence-electron chi connectivity index (χ3n) is 5.59. The van der Waals surface area contributed by atoms with Crippen LogP contribution in [-0.2, 0) is 4.74 Å².